The van der Waals surface area contributed by atoms with Crippen molar-refractivity contribution in [2.24, 2.45) is 5.92 Å². The van der Waals surface area contributed by atoms with Gasteiger partial charge in [-0.3, -0.25) is 0 Å². The van der Waals surface area contributed by atoms with Gasteiger partial charge in [-0.2, -0.15) is 0 Å². The minimum Gasteiger partial charge on any atom is -0.477 e. The van der Waals surface area contributed by atoms with Crippen LogP contribution < -0.4 is 4.72 Å². The van der Waals surface area contributed by atoms with Crippen LogP contribution in [-0.2, 0) is 10.0 Å². The highest BCUT2D eigenvalue weighted by molar-refractivity contribution is 7.89. The van der Waals surface area contributed by atoms with Crippen molar-refractivity contribution in [1.82, 2.24) is 4.72 Å². The molecule has 0 spiro atoms. The van der Waals surface area contributed by atoms with Gasteiger partial charge in [0, 0.05) is 6.54 Å². The second-order valence-electron chi connectivity index (χ2n) is 4.40. The molecule has 1 atom stereocenters. The first kappa shape index (κ1) is 16.5. The zero-order chi connectivity index (χ0) is 15.5. The zero-order valence-corrected chi connectivity index (χ0v) is 11.8. The molecule has 0 aliphatic rings. The van der Waals surface area contributed by atoms with E-state index in [2.05, 4.69) is 4.72 Å². The molecule has 2 N–H and O–H groups in total. The second-order valence-corrected chi connectivity index (χ2v) is 6.14. The highest BCUT2D eigenvalue weighted by atomic mass is 32.2. The Hall–Kier alpha value is -1.54. The van der Waals surface area contributed by atoms with Crippen LogP contribution in [0.25, 0.3) is 0 Å². The highest BCUT2D eigenvalue weighted by Gasteiger charge is 2.26. The molecule has 1 unspecified atom stereocenters. The van der Waals surface area contributed by atoms with E-state index in [1.54, 1.807) is 6.92 Å². The van der Waals surface area contributed by atoms with Gasteiger partial charge in [0.05, 0.1) is 0 Å². The maximum atomic E-state index is 13.8. The topological polar surface area (TPSA) is 83.5 Å². The average Bonchev–Trinajstić information content (AvgIpc) is 2.35. The molecular formula is C12H15F2NO4S. The normalized spacial score (nSPS) is 13.2. The molecule has 0 fully saturated rings. The fraction of sp³-hybridized carbons (Fsp3) is 0.417. The van der Waals surface area contributed by atoms with Gasteiger partial charge in [-0.05, 0) is 18.1 Å². The Morgan fingerprint density at radius 3 is 2.50 bits per heavy atom. The summed E-state index contributed by atoms with van der Waals surface area (Å²) >= 11 is 0. The third-order valence-electron chi connectivity index (χ3n) is 2.88. The van der Waals surface area contributed by atoms with E-state index in [-0.39, 0.29) is 12.5 Å². The van der Waals surface area contributed by atoms with E-state index < -0.39 is 38.1 Å². The fourth-order valence-corrected chi connectivity index (χ4v) is 2.66. The largest absolute Gasteiger partial charge is 0.477 e. The average molecular weight is 307 g/mol. The quantitative estimate of drug-likeness (QED) is 0.842. The molecule has 1 rings (SSSR count). The molecule has 0 bridgehead atoms. The van der Waals surface area contributed by atoms with Crippen molar-refractivity contribution >= 4 is 16.0 Å². The third-order valence-corrected chi connectivity index (χ3v) is 4.32. The van der Waals surface area contributed by atoms with Crippen molar-refractivity contribution < 1.29 is 27.1 Å². The van der Waals surface area contributed by atoms with Gasteiger partial charge in [-0.25, -0.2) is 26.7 Å². The first-order chi connectivity index (χ1) is 9.20. The monoisotopic (exact) mass is 307 g/mol. The van der Waals surface area contributed by atoms with Gasteiger partial charge < -0.3 is 5.11 Å². The minimum atomic E-state index is -4.22. The van der Waals surface area contributed by atoms with Crippen molar-refractivity contribution in [3.8, 4) is 0 Å². The smallest absolute Gasteiger partial charge is 0.341 e. The molecule has 0 radical (unpaired) electrons. The lowest BCUT2D eigenvalue weighted by molar-refractivity contribution is 0.0685. The van der Waals surface area contributed by atoms with Crippen molar-refractivity contribution in [3.63, 3.8) is 0 Å². The minimum absolute atomic E-state index is 0.0345. The maximum Gasteiger partial charge on any atom is 0.341 e. The Bertz CT molecular complexity index is 616. The molecule has 1 aromatic carbocycles. The number of hydrogen-bond donors (Lipinski definition) is 2. The summed E-state index contributed by atoms with van der Waals surface area (Å²) in [5.74, 6) is -4.75. The zero-order valence-electron chi connectivity index (χ0n) is 11.0. The lowest BCUT2D eigenvalue weighted by Crippen LogP contribution is -2.29. The summed E-state index contributed by atoms with van der Waals surface area (Å²) in [6.45, 7) is 3.74. The van der Waals surface area contributed by atoms with Crippen LogP contribution in [0.15, 0.2) is 17.0 Å². The second kappa shape index (κ2) is 6.27. The van der Waals surface area contributed by atoms with Crippen LogP contribution in [0, 0.1) is 17.6 Å². The van der Waals surface area contributed by atoms with E-state index in [0.29, 0.717) is 12.1 Å². The Kier molecular flexibility index (Phi) is 5.18. The first-order valence-electron chi connectivity index (χ1n) is 5.91. The number of sulfonamides is 1. The molecule has 0 saturated heterocycles. The van der Waals surface area contributed by atoms with Crippen LogP contribution in [0.2, 0.25) is 0 Å². The molecule has 8 heteroatoms. The molecule has 5 nitrogen and oxygen atoms in total. The number of carbonyl (C=O) groups is 1. The molecule has 1 aromatic rings. The van der Waals surface area contributed by atoms with E-state index >= 15 is 0 Å². The van der Waals surface area contributed by atoms with Gasteiger partial charge in [0.1, 0.15) is 16.3 Å². The van der Waals surface area contributed by atoms with Gasteiger partial charge in [0.2, 0.25) is 10.0 Å². The van der Waals surface area contributed by atoms with E-state index in [1.807, 2.05) is 6.92 Å². The van der Waals surface area contributed by atoms with Gasteiger partial charge in [-0.1, -0.05) is 20.3 Å². The van der Waals surface area contributed by atoms with Crippen molar-refractivity contribution in [2.45, 2.75) is 25.2 Å². The summed E-state index contributed by atoms with van der Waals surface area (Å²) in [7, 11) is -4.22. The predicted molar refractivity (Wildman–Crippen MR) is 68.0 cm³/mol. The lowest BCUT2D eigenvalue weighted by atomic mass is 10.1. The van der Waals surface area contributed by atoms with Gasteiger partial charge in [0.25, 0.3) is 0 Å². The SMILES string of the molecule is CCC(C)CNS(=O)(=O)c1ccc(F)c(C(=O)O)c1F. The number of carboxylic acid groups (broad SMARTS) is 1. The molecule has 112 valence electrons. The highest BCUT2D eigenvalue weighted by Crippen LogP contribution is 2.21. The van der Waals surface area contributed by atoms with Gasteiger partial charge in [-0.15, -0.1) is 0 Å². The summed E-state index contributed by atoms with van der Waals surface area (Å²) in [6, 6.07) is 1.32. The lowest BCUT2D eigenvalue weighted by Gasteiger charge is -2.12. The predicted octanol–water partition coefficient (Wildman–Crippen LogP) is 1.99. The molecule has 0 aliphatic carbocycles. The summed E-state index contributed by atoms with van der Waals surface area (Å²) < 4.78 is 53.0. The van der Waals surface area contributed by atoms with Crippen molar-refractivity contribution in [3.05, 3.63) is 29.3 Å². The molecule has 20 heavy (non-hydrogen) atoms. The fourth-order valence-electron chi connectivity index (χ4n) is 1.41. The van der Waals surface area contributed by atoms with Crippen LogP contribution in [0.4, 0.5) is 8.78 Å². The molecule has 0 saturated carbocycles. The van der Waals surface area contributed by atoms with Gasteiger partial charge >= 0.3 is 5.97 Å². The number of hydrogen-bond acceptors (Lipinski definition) is 3. The van der Waals surface area contributed by atoms with Crippen LogP contribution >= 0.6 is 0 Å². The number of rotatable bonds is 6. The molecule has 0 heterocycles. The number of halogens is 2. The summed E-state index contributed by atoms with van der Waals surface area (Å²) in [5, 5.41) is 8.70. The third kappa shape index (κ3) is 3.51. The standard InChI is InChI=1S/C12H15F2NO4S/c1-3-7(2)6-15-20(18,19)9-5-4-8(13)10(11(9)14)12(16)17/h4-5,7,15H,3,6H2,1-2H3,(H,16,17). The van der Waals surface area contributed by atoms with Crippen LogP contribution in [0.1, 0.15) is 30.6 Å². The Labute approximate surface area is 115 Å². The molecule has 0 aromatic heterocycles. The van der Waals surface area contributed by atoms with Crippen LogP contribution in [0.5, 0.6) is 0 Å². The van der Waals surface area contributed by atoms with Crippen LogP contribution in [0.3, 0.4) is 0 Å². The number of nitrogens with one attached hydrogen (secondary N) is 1. The molecular weight excluding hydrogens is 292 g/mol. The summed E-state index contributed by atoms with van der Waals surface area (Å²) in [4.78, 5) is 9.86. The van der Waals surface area contributed by atoms with Crippen LogP contribution in [-0.4, -0.2) is 26.0 Å². The number of aromatic carboxylic acids is 1. The van der Waals surface area contributed by atoms with Crippen molar-refractivity contribution in [2.75, 3.05) is 6.54 Å². The maximum absolute atomic E-state index is 13.8. The summed E-state index contributed by atoms with van der Waals surface area (Å²) in [6.07, 6.45) is 0.717. The van der Waals surface area contributed by atoms with Gasteiger partial charge in [0.15, 0.2) is 5.82 Å². The van der Waals surface area contributed by atoms with E-state index in [4.69, 9.17) is 5.11 Å². The Morgan fingerprint density at radius 1 is 1.40 bits per heavy atom. The molecule has 0 amide bonds. The van der Waals surface area contributed by atoms with E-state index in [9.17, 15) is 22.0 Å². The Balaban J connectivity index is 3.20. The molecule has 0 aliphatic heterocycles. The van der Waals surface area contributed by atoms with E-state index in [0.717, 1.165) is 6.42 Å². The first-order valence-corrected chi connectivity index (χ1v) is 7.40. The Morgan fingerprint density at radius 2 is 2.00 bits per heavy atom. The number of carboxylic acids is 1. The van der Waals surface area contributed by atoms with E-state index in [1.165, 1.54) is 0 Å². The van der Waals surface area contributed by atoms with Crippen molar-refractivity contribution in [1.29, 1.82) is 0 Å². The number of benzene rings is 1. The summed E-state index contributed by atoms with van der Waals surface area (Å²) in [5.41, 5.74) is -1.28.